The van der Waals surface area contributed by atoms with E-state index in [9.17, 15) is 4.21 Å². The number of anilines is 2. The smallest absolute Gasteiger partial charge is 0.227 e. The van der Waals surface area contributed by atoms with Crippen LogP contribution in [0.5, 0.6) is 0 Å². The lowest BCUT2D eigenvalue weighted by atomic mass is 9.98. The van der Waals surface area contributed by atoms with E-state index < -0.39 is 10.8 Å². The molecule has 3 aliphatic heterocycles. The predicted octanol–water partition coefficient (Wildman–Crippen LogP) is 2.72. The van der Waals surface area contributed by atoms with Crippen molar-refractivity contribution in [1.29, 1.82) is 0 Å². The second-order valence-corrected chi connectivity index (χ2v) is 10.6. The number of hydrogen-bond donors (Lipinski definition) is 2. The van der Waals surface area contributed by atoms with E-state index in [-0.39, 0.29) is 0 Å². The van der Waals surface area contributed by atoms with Crippen LogP contribution in [0.15, 0.2) is 35.2 Å². The Bertz CT molecular complexity index is 1050. The van der Waals surface area contributed by atoms with Gasteiger partial charge in [-0.2, -0.15) is 4.98 Å². The zero-order valence-corrected chi connectivity index (χ0v) is 18.2. The van der Waals surface area contributed by atoms with E-state index in [2.05, 4.69) is 33.7 Å². The van der Waals surface area contributed by atoms with E-state index >= 15 is 0 Å². The van der Waals surface area contributed by atoms with Crippen LogP contribution in [-0.4, -0.2) is 52.2 Å². The molecule has 0 radical (unpaired) electrons. The van der Waals surface area contributed by atoms with E-state index in [1.807, 2.05) is 12.1 Å². The minimum absolute atomic E-state index is 0.359. The van der Waals surface area contributed by atoms with Crippen LogP contribution in [0, 0.1) is 11.8 Å². The van der Waals surface area contributed by atoms with Gasteiger partial charge in [0.25, 0.3) is 0 Å². The molecule has 2 fully saturated rings. The molecule has 2 N–H and O–H groups in total. The Hall–Kier alpha value is -1.96. The van der Waals surface area contributed by atoms with Gasteiger partial charge in [0.05, 0.1) is 22.5 Å². The summed E-state index contributed by atoms with van der Waals surface area (Å²) < 4.78 is 12.5. The molecule has 6 rings (SSSR count). The Morgan fingerprint density at radius 2 is 2.00 bits per heavy atom. The van der Waals surface area contributed by atoms with Crippen LogP contribution in [0.3, 0.4) is 0 Å². The number of nitrogens with one attached hydrogen (secondary N) is 2. The van der Waals surface area contributed by atoms with E-state index in [1.165, 1.54) is 11.1 Å². The minimum atomic E-state index is -0.991. The molecule has 30 heavy (non-hydrogen) atoms. The molecule has 1 aromatic heterocycles. The fraction of sp³-hybridized carbons (Fsp3) is 0.455. The van der Waals surface area contributed by atoms with Gasteiger partial charge in [-0.05, 0) is 41.5 Å². The van der Waals surface area contributed by atoms with Crippen LogP contribution in [0.25, 0.3) is 5.57 Å². The van der Waals surface area contributed by atoms with E-state index in [0.717, 1.165) is 66.4 Å². The molecule has 8 heteroatoms. The lowest BCUT2D eigenvalue weighted by Gasteiger charge is -2.29. The zero-order valence-electron chi connectivity index (χ0n) is 16.6. The maximum absolute atomic E-state index is 12.5. The summed E-state index contributed by atoms with van der Waals surface area (Å²) in [5.41, 5.74) is 3.66. The summed E-state index contributed by atoms with van der Waals surface area (Å²) in [4.78, 5) is 12.8. The van der Waals surface area contributed by atoms with Crippen molar-refractivity contribution in [2.24, 2.45) is 11.8 Å². The molecule has 3 atom stereocenters. The standard InChI is InChI=1S/C22H24ClN5OS/c23-17-3-1-13(2-4-17)14-7-15-11-28(12-16(15)8-14)22-26-19-5-6-30(29)20(19)21(27-22)25-18-9-24-10-18/h1-4,7,15-16,18,24H,5-6,8-12H2,(H,25,26,27)/t15?,16?,30-/m0/s1. The van der Waals surface area contributed by atoms with Crippen LogP contribution in [0.2, 0.25) is 5.02 Å². The highest BCUT2D eigenvalue weighted by atomic mass is 35.5. The monoisotopic (exact) mass is 441 g/mol. The quantitative estimate of drug-likeness (QED) is 0.760. The maximum atomic E-state index is 12.5. The van der Waals surface area contributed by atoms with Crippen molar-refractivity contribution in [3.8, 4) is 0 Å². The van der Waals surface area contributed by atoms with E-state index in [4.69, 9.17) is 21.6 Å². The first kappa shape index (κ1) is 18.8. The number of aryl methyl sites for hydroxylation is 1. The number of rotatable bonds is 4. The predicted molar refractivity (Wildman–Crippen MR) is 121 cm³/mol. The Kier molecular flexibility index (Phi) is 4.58. The number of allylic oxidation sites excluding steroid dienone is 1. The van der Waals surface area contributed by atoms with Crippen molar-refractivity contribution in [2.75, 3.05) is 42.1 Å². The molecular formula is C22H24ClN5OS. The third-order valence-electron chi connectivity index (χ3n) is 6.69. The van der Waals surface area contributed by atoms with Gasteiger partial charge in [0.2, 0.25) is 5.95 Å². The fourth-order valence-corrected chi connectivity index (χ4v) is 6.40. The minimum Gasteiger partial charge on any atom is -0.364 e. The molecular weight excluding hydrogens is 418 g/mol. The third-order valence-corrected chi connectivity index (χ3v) is 8.40. The first-order valence-electron chi connectivity index (χ1n) is 10.6. The topological polar surface area (TPSA) is 70.2 Å². The van der Waals surface area contributed by atoms with Gasteiger partial charge >= 0.3 is 0 Å². The lowest BCUT2D eigenvalue weighted by molar-refractivity contribution is 0.470. The Balaban J connectivity index is 1.25. The van der Waals surface area contributed by atoms with Crippen molar-refractivity contribution in [3.63, 3.8) is 0 Å². The van der Waals surface area contributed by atoms with E-state index in [0.29, 0.717) is 23.6 Å². The largest absolute Gasteiger partial charge is 0.364 e. The first-order valence-corrected chi connectivity index (χ1v) is 12.3. The maximum Gasteiger partial charge on any atom is 0.227 e. The second kappa shape index (κ2) is 7.32. The fourth-order valence-electron chi connectivity index (χ4n) is 4.96. The van der Waals surface area contributed by atoms with Crippen LogP contribution in [0.4, 0.5) is 11.8 Å². The normalized spacial score (nSPS) is 27.6. The van der Waals surface area contributed by atoms with Gasteiger partial charge < -0.3 is 15.5 Å². The molecule has 0 saturated carbocycles. The number of fused-ring (bicyclic) bond motifs is 2. The molecule has 156 valence electrons. The van der Waals surface area contributed by atoms with Crippen molar-refractivity contribution in [2.45, 2.75) is 23.8 Å². The Morgan fingerprint density at radius 3 is 2.73 bits per heavy atom. The number of hydrogen-bond acceptors (Lipinski definition) is 6. The molecule has 0 amide bonds. The third kappa shape index (κ3) is 3.24. The molecule has 4 aliphatic rings. The lowest BCUT2D eigenvalue weighted by Crippen LogP contribution is -2.51. The Labute approximate surface area is 183 Å². The highest BCUT2D eigenvalue weighted by Gasteiger charge is 2.38. The van der Waals surface area contributed by atoms with Crippen molar-refractivity contribution < 1.29 is 4.21 Å². The molecule has 6 nitrogen and oxygen atoms in total. The summed E-state index contributed by atoms with van der Waals surface area (Å²) in [5, 5.41) is 7.55. The second-order valence-electron chi connectivity index (χ2n) is 8.68. The molecule has 1 aliphatic carbocycles. The summed E-state index contributed by atoms with van der Waals surface area (Å²) in [6.45, 7) is 3.75. The average molecular weight is 442 g/mol. The average Bonchev–Trinajstić information content (AvgIpc) is 3.38. The number of benzene rings is 1. The summed E-state index contributed by atoms with van der Waals surface area (Å²) in [7, 11) is -0.991. The van der Waals surface area contributed by atoms with Gasteiger partial charge in [-0.15, -0.1) is 0 Å². The number of nitrogens with zero attached hydrogens (tertiary/aromatic N) is 3. The van der Waals surface area contributed by atoms with Crippen molar-refractivity contribution in [3.05, 3.63) is 46.6 Å². The molecule has 4 heterocycles. The molecule has 1 aromatic carbocycles. The molecule has 0 bridgehead atoms. The van der Waals surface area contributed by atoms with Crippen LogP contribution < -0.4 is 15.5 Å². The van der Waals surface area contributed by atoms with Gasteiger partial charge in [0, 0.05) is 43.4 Å². The van der Waals surface area contributed by atoms with Gasteiger partial charge in [-0.25, -0.2) is 4.98 Å². The molecule has 2 aromatic rings. The molecule has 0 spiro atoms. The van der Waals surface area contributed by atoms with Gasteiger partial charge in [-0.1, -0.05) is 29.8 Å². The van der Waals surface area contributed by atoms with Crippen LogP contribution >= 0.6 is 11.6 Å². The SMILES string of the molecule is O=[S@]1CCc2nc(N3CC4C=C(c5ccc(Cl)cc5)CC4C3)nc(NC3CNC3)c21. The summed E-state index contributed by atoms with van der Waals surface area (Å²) in [5.74, 6) is 3.34. The van der Waals surface area contributed by atoms with Crippen molar-refractivity contribution >= 4 is 39.7 Å². The van der Waals surface area contributed by atoms with Crippen LogP contribution in [-0.2, 0) is 17.2 Å². The molecule has 2 saturated heterocycles. The summed E-state index contributed by atoms with van der Waals surface area (Å²) in [6.07, 6.45) is 4.28. The molecule has 2 unspecified atom stereocenters. The van der Waals surface area contributed by atoms with E-state index in [1.54, 1.807) is 0 Å². The summed E-state index contributed by atoms with van der Waals surface area (Å²) >= 11 is 6.04. The Morgan fingerprint density at radius 1 is 1.17 bits per heavy atom. The van der Waals surface area contributed by atoms with Gasteiger partial charge in [0.1, 0.15) is 10.7 Å². The number of aromatic nitrogens is 2. The van der Waals surface area contributed by atoms with Crippen molar-refractivity contribution in [1.82, 2.24) is 15.3 Å². The number of halogens is 1. The highest BCUT2D eigenvalue weighted by molar-refractivity contribution is 7.85. The highest BCUT2D eigenvalue weighted by Crippen LogP contribution is 2.42. The van der Waals surface area contributed by atoms with Gasteiger partial charge in [-0.3, -0.25) is 4.21 Å². The van der Waals surface area contributed by atoms with Gasteiger partial charge in [0.15, 0.2) is 0 Å². The summed E-state index contributed by atoms with van der Waals surface area (Å²) in [6, 6.07) is 8.52. The first-order chi connectivity index (χ1) is 14.6. The zero-order chi connectivity index (χ0) is 20.2. The van der Waals surface area contributed by atoms with Crippen LogP contribution in [0.1, 0.15) is 17.7 Å².